The second kappa shape index (κ2) is 7.65. The Balaban J connectivity index is 2.49. The van der Waals surface area contributed by atoms with E-state index in [0.29, 0.717) is 11.8 Å². The highest BCUT2D eigenvalue weighted by molar-refractivity contribution is 7.98. The number of benzene rings is 1. The molecule has 0 heterocycles. The van der Waals surface area contributed by atoms with E-state index in [-0.39, 0.29) is 0 Å². The predicted molar refractivity (Wildman–Crippen MR) is 78.2 cm³/mol. The highest BCUT2D eigenvalue weighted by Gasteiger charge is 2.05. The molecule has 0 aromatic heterocycles. The van der Waals surface area contributed by atoms with E-state index in [9.17, 15) is 0 Å². The van der Waals surface area contributed by atoms with E-state index in [1.807, 2.05) is 11.8 Å². The van der Waals surface area contributed by atoms with Crippen LogP contribution >= 0.6 is 11.8 Å². The molecule has 0 radical (unpaired) electrons. The van der Waals surface area contributed by atoms with Crippen LogP contribution in [0.5, 0.6) is 5.75 Å². The van der Waals surface area contributed by atoms with Crippen molar-refractivity contribution < 1.29 is 4.74 Å². The fourth-order valence-corrected chi connectivity index (χ4v) is 2.21. The van der Waals surface area contributed by atoms with Crippen LogP contribution in [-0.4, -0.2) is 18.6 Å². The molecule has 1 aromatic carbocycles. The van der Waals surface area contributed by atoms with Gasteiger partial charge in [-0.25, -0.2) is 0 Å². The first-order valence-corrected chi connectivity index (χ1v) is 7.74. The maximum atomic E-state index is 5.68. The van der Waals surface area contributed by atoms with E-state index in [2.05, 4.69) is 51.3 Å². The minimum atomic E-state index is 0.579. The third-order valence-corrected chi connectivity index (χ3v) is 3.43. The average Bonchev–Trinajstić information content (AvgIpc) is 2.34. The Hall–Kier alpha value is -0.630. The molecule has 96 valence electrons. The van der Waals surface area contributed by atoms with Crippen molar-refractivity contribution in [3.8, 4) is 5.75 Å². The lowest BCUT2D eigenvalue weighted by molar-refractivity contribution is 0.271. The Labute approximate surface area is 110 Å². The Morgan fingerprint density at radius 1 is 1.12 bits per heavy atom. The molecule has 2 heteroatoms. The zero-order valence-electron chi connectivity index (χ0n) is 11.4. The highest BCUT2D eigenvalue weighted by atomic mass is 32.2. The van der Waals surface area contributed by atoms with Crippen LogP contribution in [0.2, 0.25) is 0 Å². The van der Waals surface area contributed by atoms with Gasteiger partial charge in [-0.05, 0) is 48.0 Å². The summed E-state index contributed by atoms with van der Waals surface area (Å²) in [6.45, 7) is 7.42. The molecule has 0 amide bonds. The number of hydrogen-bond donors (Lipinski definition) is 0. The van der Waals surface area contributed by atoms with Gasteiger partial charge in [-0.2, -0.15) is 11.8 Å². The Morgan fingerprint density at radius 3 is 2.29 bits per heavy atom. The van der Waals surface area contributed by atoms with Crippen LogP contribution in [0.3, 0.4) is 0 Å². The molecule has 0 spiro atoms. The van der Waals surface area contributed by atoms with E-state index < -0.39 is 0 Å². The van der Waals surface area contributed by atoms with Crippen LogP contribution < -0.4 is 4.74 Å². The van der Waals surface area contributed by atoms with Crippen molar-refractivity contribution in [2.75, 3.05) is 18.6 Å². The lowest BCUT2D eigenvalue weighted by Crippen LogP contribution is -2.04. The van der Waals surface area contributed by atoms with Gasteiger partial charge in [0, 0.05) is 0 Å². The molecule has 1 atom stereocenters. The lowest BCUT2D eigenvalue weighted by atomic mass is 9.99. The summed E-state index contributed by atoms with van der Waals surface area (Å²) in [7, 11) is 0. The quantitative estimate of drug-likeness (QED) is 0.702. The molecule has 1 unspecified atom stereocenters. The topological polar surface area (TPSA) is 9.23 Å². The van der Waals surface area contributed by atoms with Crippen molar-refractivity contribution in [1.82, 2.24) is 0 Å². The van der Waals surface area contributed by atoms with Crippen LogP contribution in [0.4, 0.5) is 0 Å². The van der Waals surface area contributed by atoms with Crippen molar-refractivity contribution in [2.45, 2.75) is 33.1 Å². The molecule has 0 fully saturated rings. The largest absolute Gasteiger partial charge is 0.493 e. The minimum Gasteiger partial charge on any atom is -0.493 e. The van der Waals surface area contributed by atoms with Crippen molar-refractivity contribution in [3.63, 3.8) is 0 Å². The summed E-state index contributed by atoms with van der Waals surface area (Å²) < 4.78 is 5.68. The van der Waals surface area contributed by atoms with Gasteiger partial charge < -0.3 is 4.74 Å². The smallest absolute Gasteiger partial charge is 0.119 e. The minimum absolute atomic E-state index is 0.579. The maximum Gasteiger partial charge on any atom is 0.119 e. The number of hydrogen-bond acceptors (Lipinski definition) is 2. The number of rotatable bonds is 7. The van der Waals surface area contributed by atoms with Crippen LogP contribution in [0.25, 0.3) is 0 Å². The summed E-state index contributed by atoms with van der Waals surface area (Å²) in [6, 6.07) is 8.57. The molecule has 17 heavy (non-hydrogen) atoms. The van der Waals surface area contributed by atoms with Crippen LogP contribution in [0.15, 0.2) is 24.3 Å². The standard InChI is InChI=1S/C15H24OS/c1-12(2)11-16-15-7-5-14(6-8-15)13(3)9-10-17-4/h5-8,12-13H,9-11H2,1-4H3. The summed E-state index contributed by atoms with van der Waals surface area (Å²) >= 11 is 1.91. The summed E-state index contributed by atoms with van der Waals surface area (Å²) in [4.78, 5) is 0. The summed E-state index contributed by atoms with van der Waals surface area (Å²) in [5, 5.41) is 0. The fraction of sp³-hybridized carbons (Fsp3) is 0.600. The van der Waals surface area contributed by atoms with Crippen LogP contribution in [0.1, 0.15) is 38.7 Å². The Bertz CT molecular complexity index is 305. The van der Waals surface area contributed by atoms with Gasteiger partial charge >= 0.3 is 0 Å². The summed E-state index contributed by atoms with van der Waals surface area (Å²) in [6.07, 6.45) is 3.41. The molecule has 1 nitrogen and oxygen atoms in total. The van der Waals surface area contributed by atoms with E-state index in [1.165, 1.54) is 17.7 Å². The molecule has 0 saturated carbocycles. The number of ether oxygens (including phenoxy) is 1. The highest BCUT2D eigenvalue weighted by Crippen LogP contribution is 2.23. The van der Waals surface area contributed by atoms with E-state index in [4.69, 9.17) is 4.74 Å². The zero-order valence-corrected chi connectivity index (χ0v) is 12.2. The second-order valence-electron chi connectivity index (χ2n) is 4.96. The molecular formula is C15H24OS. The Kier molecular flexibility index (Phi) is 6.49. The fourth-order valence-electron chi connectivity index (χ4n) is 1.62. The first-order chi connectivity index (χ1) is 8.13. The SMILES string of the molecule is CSCCC(C)c1ccc(OCC(C)C)cc1. The summed E-state index contributed by atoms with van der Waals surface area (Å²) in [5.74, 6) is 3.43. The third-order valence-electron chi connectivity index (χ3n) is 2.79. The summed E-state index contributed by atoms with van der Waals surface area (Å²) in [5.41, 5.74) is 1.41. The number of thioether (sulfide) groups is 1. The van der Waals surface area contributed by atoms with Gasteiger partial charge in [0.15, 0.2) is 0 Å². The van der Waals surface area contributed by atoms with Crippen molar-refractivity contribution >= 4 is 11.8 Å². The van der Waals surface area contributed by atoms with E-state index in [0.717, 1.165) is 12.4 Å². The molecule has 0 aliphatic carbocycles. The van der Waals surface area contributed by atoms with Gasteiger partial charge in [-0.15, -0.1) is 0 Å². The van der Waals surface area contributed by atoms with Gasteiger partial charge in [-0.3, -0.25) is 0 Å². The first kappa shape index (κ1) is 14.4. The molecular weight excluding hydrogens is 228 g/mol. The van der Waals surface area contributed by atoms with E-state index >= 15 is 0 Å². The lowest BCUT2D eigenvalue weighted by Gasteiger charge is -2.13. The van der Waals surface area contributed by atoms with Crippen molar-refractivity contribution in [3.05, 3.63) is 29.8 Å². The molecule has 1 rings (SSSR count). The zero-order chi connectivity index (χ0) is 12.7. The van der Waals surface area contributed by atoms with Crippen LogP contribution in [-0.2, 0) is 0 Å². The van der Waals surface area contributed by atoms with Gasteiger partial charge in [0.2, 0.25) is 0 Å². The molecule has 0 aliphatic rings. The Morgan fingerprint density at radius 2 is 1.76 bits per heavy atom. The normalized spacial score (nSPS) is 12.8. The molecule has 0 saturated heterocycles. The monoisotopic (exact) mass is 252 g/mol. The van der Waals surface area contributed by atoms with Gasteiger partial charge in [0.25, 0.3) is 0 Å². The average molecular weight is 252 g/mol. The third kappa shape index (κ3) is 5.49. The van der Waals surface area contributed by atoms with Crippen LogP contribution in [0, 0.1) is 5.92 Å². The van der Waals surface area contributed by atoms with E-state index in [1.54, 1.807) is 0 Å². The second-order valence-corrected chi connectivity index (χ2v) is 5.94. The molecule has 0 bridgehead atoms. The van der Waals surface area contributed by atoms with Gasteiger partial charge in [-0.1, -0.05) is 32.9 Å². The molecule has 0 N–H and O–H groups in total. The molecule has 0 aliphatic heterocycles. The van der Waals surface area contributed by atoms with Crippen molar-refractivity contribution in [1.29, 1.82) is 0 Å². The van der Waals surface area contributed by atoms with Gasteiger partial charge in [0.05, 0.1) is 6.61 Å². The first-order valence-electron chi connectivity index (χ1n) is 6.35. The van der Waals surface area contributed by atoms with Crippen molar-refractivity contribution in [2.24, 2.45) is 5.92 Å². The maximum absolute atomic E-state index is 5.68. The molecule has 1 aromatic rings. The van der Waals surface area contributed by atoms with Gasteiger partial charge in [0.1, 0.15) is 5.75 Å². The predicted octanol–water partition coefficient (Wildman–Crippen LogP) is 4.58.